The third kappa shape index (κ3) is 4.68. The van der Waals surface area contributed by atoms with Crippen molar-refractivity contribution >= 4 is 17.2 Å². The highest BCUT2D eigenvalue weighted by atomic mass is 32.1. The van der Waals surface area contributed by atoms with E-state index in [1.54, 1.807) is 11.3 Å². The Hall–Kier alpha value is -2.91. The summed E-state index contributed by atoms with van der Waals surface area (Å²) in [6.45, 7) is 4.55. The zero-order valence-electron chi connectivity index (χ0n) is 16.2. The van der Waals surface area contributed by atoms with Crippen LogP contribution in [0, 0.1) is 25.2 Å². The van der Waals surface area contributed by atoms with E-state index in [-0.39, 0.29) is 11.9 Å². The number of nitrogens with one attached hydrogen (secondary N) is 1. The van der Waals surface area contributed by atoms with Crippen LogP contribution in [0.1, 0.15) is 46.3 Å². The van der Waals surface area contributed by atoms with Crippen molar-refractivity contribution in [3.63, 3.8) is 0 Å². The predicted octanol–water partition coefficient (Wildman–Crippen LogP) is 4.31. The van der Waals surface area contributed by atoms with Crippen LogP contribution in [0.4, 0.5) is 0 Å². The lowest BCUT2D eigenvalue weighted by Crippen LogP contribution is -2.29. The second-order valence-electron chi connectivity index (χ2n) is 6.71. The van der Waals surface area contributed by atoms with E-state index in [0.717, 1.165) is 27.4 Å². The molecule has 28 heavy (non-hydrogen) atoms. The highest BCUT2D eigenvalue weighted by Gasteiger charge is 2.19. The van der Waals surface area contributed by atoms with E-state index in [0.29, 0.717) is 25.8 Å². The van der Waals surface area contributed by atoms with E-state index >= 15 is 0 Å². The zero-order chi connectivity index (χ0) is 19.9. The molecule has 0 saturated carbocycles. The maximum absolute atomic E-state index is 12.7. The molecule has 1 atom stereocenters. The Labute approximate surface area is 169 Å². The molecule has 0 aliphatic carbocycles. The van der Waals surface area contributed by atoms with Gasteiger partial charge in [-0.25, -0.2) is 0 Å². The zero-order valence-corrected chi connectivity index (χ0v) is 17.0. The number of amides is 1. The molecule has 2 heterocycles. The molecule has 1 unspecified atom stereocenters. The van der Waals surface area contributed by atoms with Crippen LogP contribution in [-0.4, -0.2) is 15.7 Å². The van der Waals surface area contributed by atoms with E-state index in [1.165, 1.54) is 0 Å². The molecule has 6 heteroatoms. The molecule has 3 aromatic rings. The molecule has 0 fully saturated rings. The molecule has 0 spiro atoms. The van der Waals surface area contributed by atoms with Crippen LogP contribution >= 0.6 is 11.3 Å². The van der Waals surface area contributed by atoms with Crippen LogP contribution in [0.25, 0.3) is 0 Å². The number of thiophene rings is 1. The average Bonchev–Trinajstić information content (AvgIpc) is 3.32. The van der Waals surface area contributed by atoms with Crippen molar-refractivity contribution in [2.24, 2.45) is 0 Å². The summed E-state index contributed by atoms with van der Waals surface area (Å²) in [5.41, 5.74) is 4.15. The SMILES string of the molecule is Cc1nn(CCC#N)c(C)c1CCC(=O)NC(c1ccccc1)c1cccs1. The fourth-order valence-electron chi connectivity index (χ4n) is 3.36. The molecule has 1 aromatic carbocycles. The Bertz CT molecular complexity index is 955. The van der Waals surface area contributed by atoms with Gasteiger partial charge in [0, 0.05) is 17.0 Å². The van der Waals surface area contributed by atoms with Crippen molar-refractivity contribution in [3.05, 3.63) is 75.2 Å². The lowest BCUT2D eigenvalue weighted by molar-refractivity contribution is -0.121. The van der Waals surface area contributed by atoms with Crippen LogP contribution in [0.5, 0.6) is 0 Å². The summed E-state index contributed by atoms with van der Waals surface area (Å²) < 4.78 is 1.87. The fourth-order valence-corrected chi connectivity index (χ4v) is 4.16. The van der Waals surface area contributed by atoms with Crippen LogP contribution in [0.2, 0.25) is 0 Å². The van der Waals surface area contributed by atoms with Crippen molar-refractivity contribution in [3.8, 4) is 6.07 Å². The van der Waals surface area contributed by atoms with Crippen molar-refractivity contribution in [1.29, 1.82) is 5.26 Å². The maximum Gasteiger partial charge on any atom is 0.221 e. The minimum Gasteiger partial charge on any atom is -0.344 e. The van der Waals surface area contributed by atoms with Crippen LogP contribution < -0.4 is 5.32 Å². The van der Waals surface area contributed by atoms with Gasteiger partial charge in [-0.05, 0) is 42.8 Å². The normalized spacial score (nSPS) is 11.8. The van der Waals surface area contributed by atoms with Gasteiger partial charge in [-0.15, -0.1) is 11.3 Å². The molecule has 2 aromatic heterocycles. The minimum atomic E-state index is -0.130. The van der Waals surface area contributed by atoms with Gasteiger partial charge in [-0.2, -0.15) is 10.4 Å². The van der Waals surface area contributed by atoms with Gasteiger partial charge in [0.1, 0.15) is 0 Å². The average molecular weight is 393 g/mol. The van der Waals surface area contributed by atoms with Crippen LogP contribution in [0.15, 0.2) is 47.8 Å². The first-order valence-electron chi connectivity index (χ1n) is 9.37. The summed E-state index contributed by atoms with van der Waals surface area (Å²) in [6.07, 6.45) is 1.48. The first-order valence-corrected chi connectivity index (χ1v) is 10.3. The first-order chi connectivity index (χ1) is 13.6. The van der Waals surface area contributed by atoms with Crippen LogP contribution in [-0.2, 0) is 17.8 Å². The van der Waals surface area contributed by atoms with E-state index in [4.69, 9.17) is 5.26 Å². The topological polar surface area (TPSA) is 70.7 Å². The number of carbonyl (C=O) groups is 1. The largest absolute Gasteiger partial charge is 0.344 e. The Morgan fingerprint density at radius 3 is 2.71 bits per heavy atom. The summed E-state index contributed by atoms with van der Waals surface area (Å²) in [7, 11) is 0. The van der Waals surface area contributed by atoms with Gasteiger partial charge < -0.3 is 5.32 Å². The number of aromatic nitrogens is 2. The number of nitrogens with zero attached hydrogens (tertiary/aromatic N) is 3. The molecule has 1 amide bonds. The number of hydrogen-bond donors (Lipinski definition) is 1. The Kier molecular flexibility index (Phi) is 6.62. The first kappa shape index (κ1) is 19.8. The van der Waals surface area contributed by atoms with Gasteiger partial charge in [0.2, 0.25) is 5.91 Å². The van der Waals surface area contributed by atoms with Crippen LogP contribution in [0.3, 0.4) is 0 Å². The smallest absolute Gasteiger partial charge is 0.221 e. The molecule has 0 radical (unpaired) electrons. The second-order valence-corrected chi connectivity index (χ2v) is 7.69. The summed E-state index contributed by atoms with van der Waals surface area (Å²) in [5.74, 6) is 0.0193. The number of aryl methyl sites for hydroxylation is 2. The molecule has 0 bridgehead atoms. The molecule has 144 valence electrons. The lowest BCUT2D eigenvalue weighted by Gasteiger charge is -2.18. The monoisotopic (exact) mass is 392 g/mol. The number of hydrogen-bond acceptors (Lipinski definition) is 4. The van der Waals surface area contributed by atoms with Gasteiger partial charge >= 0.3 is 0 Å². The summed E-state index contributed by atoms with van der Waals surface area (Å²) in [5, 5.41) is 18.5. The Morgan fingerprint density at radius 1 is 1.25 bits per heavy atom. The van der Waals surface area contributed by atoms with Crippen molar-refractivity contribution in [1.82, 2.24) is 15.1 Å². The third-order valence-corrected chi connectivity index (χ3v) is 5.77. The summed E-state index contributed by atoms with van der Waals surface area (Å²) >= 11 is 1.64. The molecule has 0 aliphatic heterocycles. The van der Waals surface area contributed by atoms with E-state index < -0.39 is 0 Å². The number of carbonyl (C=O) groups excluding carboxylic acids is 1. The van der Waals surface area contributed by atoms with Gasteiger partial charge in [-0.1, -0.05) is 36.4 Å². The highest BCUT2D eigenvalue weighted by Crippen LogP contribution is 2.26. The number of benzene rings is 1. The molecular formula is C22H24N4OS. The molecule has 5 nitrogen and oxygen atoms in total. The molecular weight excluding hydrogens is 368 g/mol. The van der Waals surface area contributed by atoms with Crippen molar-refractivity contribution in [2.45, 2.75) is 45.7 Å². The van der Waals surface area contributed by atoms with Gasteiger partial charge in [0.15, 0.2) is 0 Å². The molecule has 3 rings (SSSR count). The van der Waals surface area contributed by atoms with E-state index in [9.17, 15) is 4.79 Å². The van der Waals surface area contributed by atoms with E-state index in [2.05, 4.69) is 22.6 Å². The molecule has 0 saturated heterocycles. The van der Waals surface area contributed by atoms with Crippen molar-refractivity contribution in [2.75, 3.05) is 0 Å². The predicted molar refractivity (Wildman–Crippen MR) is 111 cm³/mol. The molecule has 0 aliphatic rings. The van der Waals surface area contributed by atoms with E-state index in [1.807, 2.05) is 60.3 Å². The summed E-state index contributed by atoms with van der Waals surface area (Å²) in [4.78, 5) is 13.8. The third-order valence-electron chi connectivity index (χ3n) is 4.83. The number of nitriles is 1. The minimum absolute atomic E-state index is 0.0193. The lowest BCUT2D eigenvalue weighted by atomic mass is 10.0. The Morgan fingerprint density at radius 2 is 2.04 bits per heavy atom. The maximum atomic E-state index is 12.7. The second kappa shape index (κ2) is 9.34. The van der Waals surface area contributed by atoms with Crippen molar-refractivity contribution < 1.29 is 4.79 Å². The standard InChI is InChI=1S/C22H24N4OS/c1-16-19(17(2)26(25-16)14-7-13-23)11-12-21(27)24-22(20-10-6-15-28-20)18-8-4-3-5-9-18/h3-6,8-10,15,22H,7,11-12,14H2,1-2H3,(H,24,27). The molecule has 1 N–H and O–H groups in total. The highest BCUT2D eigenvalue weighted by molar-refractivity contribution is 7.10. The van der Waals surface area contributed by atoms with Gasteiger partial charge in [-0.3, -0.25) is 9.48 Å². The Balaban J connectivity index is 1.68. The number of rotatable bonds is 8. The summed E-state index contributed by atoms with van der Waals surface area (Å²) in [6, 6.07) is 16.1. The quantitative estimate of drug-likeness (QED) is 0.621. The van der Waals surface area contributed by atoms with Gasteiger partial charge in [0.05, 0.1) is 30.8 Å². The van der Waals surface area contributed by atoms with Gasteiger partial charge in [0.25, 0.3) is 0 Å². The fraction of sp³-hybridized carbons (Fsp3) is 0.318.